The molecule has 1 heterocycles. The summed E-state index contributed by atoms with van der Waals surface area (Å²) in [7, 11) is -4.46. The lowest BCUT2D eigenvalue weighted by Gasteiger charge is -2.21. The van der Waals surface area contributed by atoms with Gasteiger partial charge in [-0.2, -0.15) is 8.42 Å². The Labute approximate surface area is 151 Å². The molecule has 6 heteroatoms. The van der Waals surface area contributed by atoms with Crippen LogP contribution in [0, 0.1) is 0 Å². The van der Waals surface area contributed by atoms with E-state index in [1.165, 1.54) is 24.8 Å². The van der Waals surface area contributed by atoms with Crippen molar-refractivity contribution in [2.45, 2.75) is 70.8 Å². The molecule has 1 aromatic rings. The molecule has 0 bridgehead atoms. The van der Waals surface area contributed by atoms with Crippen LogP contribution in [-0.4, -0.2) is 31.3 Å². The maximum absolute atomic E-state index is 11.2. The summed E-state index contributed by atoms with van der Waals surface area (Å²) < 4.78 is 36.4. The third kappa shape index (κ3) is 7.26. The van der Waals surface area contributed by atoms with Crippen LogP contribution in [0.4, 0.5) is 0 Å². The van der Waals surface area contributed by atoms with Crippen LogP contribution in [0.15, 0.2) is 29.3 Å². The summed E-state index contributed by atoms with van der Waals surface area (Å²) in [6.07, 6.45) is 8.08. The third-order valence-corrected chi connectivity index (χ3v) is 5.09. The molecule has 25 heavy (non-hydrogen) atoms. The maximum atomic E-state index is 11.2. The Bertz CT molecular complexity index is 670. The van der Waals surface area contributed by atoms with E-state index in [0.29, 0.717) is 19.4 Å². The molecular weight excluding hydrogens is 338 g/mol. The van der Waals surface area contributed by atoms with Gasteiger partial charge in [-0.15, -0.1) is 0 Å². The minimum absolute atomic E-state index is 0.408. The number of unbranched alkanes of at least 4 members (excludes halogenated alkanes) is 5. The Kier molecular flexibility index (Phi) is 8.06. The molecule has 5 nitrogen and oxygen atoms in total. The van der Waals surface area contributed by atoms with Crippen molar-refractivity contribution < 1.29 is 17.2 Å². The van der Waals surface area contributed by atoms with E-state index in [9.17, 15) is 8.42 Å². The predicted octanol–water partition coefficient (Wildman–Crippen LogP) is 4.36. The van der Waals surface area contributed by atoms with Gasteiger partial charge in [-0.1, -0.05) is 69.7 Å². The first-order valence-electron chi connectivity index (χ1n) is 9.27. The number of rotatable bonds is 11. The standard InChI is InChI=1S/C19H29NO4S/c1-2-3-4-5-6-7-11-17(24-25(21,22)23)15-19-18-12-9-8-10-16(18)13-14-20-19/h8-10,12,17H,2-7,11,13-15H2,1H3,(H,21,22,23). The number of fused-ring (bicyclic) bond motifs is 1. The monoisotopic (exact) mass is 367 g/mol. The Morgan fingerprint density at radius 2 is 1.88 bits per heavy atom. The number of nitrogens with zero attached hydrogens (tertiary/aromatic N) is 1. The molecule has 2 rings (SSSR count). The van der Waals surface area contributed by atoms with Crippen LogP contribution >= 0.6 is 0 Å². The van der Waals surface area contributed by atoms with Crippen LogP contribution in [0.2, 0.25) is 0 Å². The first-order valence-corrected chi connectivity index (χ1v) is 10.6. The Morgan fingerprint density at radius 3 is 2.64 bits per heavy atom. The van der Waals surface area contributed by atoms with Crippen molar-refractivity contribution in [3.8, 4) is 0 Å². The average molecular weight is 368 g/mol. The number of benzene rings is 1. The van der Waals surface area contributed by atoms with E-state index < -0.39 is 16.5 Å². The van der Waals surface area contributed by atoms with E-state index in [1.54, 1.807) is 0 Å². The second kappa shape index (κ2) is 10.0. The van der Waals surface area contributed by atoms with Gasteiger partial charge in [0.05, 0.1) is 6.10 Å². The van der Waals surface area contributed by atoms with E-state index in [-0.39, 0.29) is 0 Å². The molecule has 1 unspecified atom stereocenters. The molecule has 0 aliphatic carbocycles. The molecule has 1 N–H and O–H groups in total. The van der Waals surface area contributed by atoms with Crippen molar-refractivity contribution in [2.75, 3.05) is 6.54 Å². The fraction of sp³-hybridized carbons (Fsp3) is 0.632. The van der Waals surface area contributed by atoms with Crippen LogP contribution < -0.4 is 0 Å². The van der Waals surface area contributed by atoms with Crippen LogP contribution in [0.1, 0.15) is 69.4 Å². The van der Waals surface area contributed by atoms with E-state index in [4.69, 9.17) is 8.74 Å². The minimum Gasteiger partial charge on any atom is -0.289 e. The molecule has 0 saturated carbocycles. The van der Waals surface area contributed by atoms with Gasteiger partial charge in [0.1, 0.15) is 0 Å². The fourth-order valence-corrected chi connectivity index (χ4v) is 3.82. The topological polar surface area (TPSA) is 76.0 Å². The highest BCUT2D eigenvalue weighted by Gasteiger charge is 2.22. The van der Waals surface area contributed by atoms with Crippen LogP contribution in [0.3, 0.4) is 0 Å². The van der Waals surface area contributed by atoms with E-state index in [2.05, 4.69) is 18.0 Å². The van der Waals surface area contributed by atoms with Crippen molar-refractivity contribution in [3.63, 3.8) is 0 Å². The maximum Gasteiger partial charge on any atom is 0.397 e. The molecule has 1 atom stereocenters. The smallest absolute Gasteiger partial charge is 0.289 e. The van der Waals surface area contributed by atoms with Crippen LogP contribution in [0.25, 0.3) is 0 Å². The predicted molar refractivity (Wildman–Crippen MR) is 101 cm³/mol. The molecule has 1 aliphatic rings. The normalized spacial score (nSPS) is 15.5. The van der Waals surface area contributed by atoms with Gasteiger partial charge in [0.2, 0.25) is 0 Å². The van der Waals surface area contributed by atoms with Gasteiger partial charge in [-0.3, -0.25) is 9.55 Å². The van der Waals surface area contributed by atoms with Crippen molar-refractivity contribution in [3.05, 3.63) is 35.4 Å². The van der Waals surface area contributed by atoms with Crippen LogP contribution in [0.5, 0.6) is 0 Å². The number of aliphatic imine (C=N–C) groups is 1. The Hall–Kier alpha value is -1.24. The molecule has 1 aliphatic heterocycles. The summed E-state index contributed by atoms with van der Waals surface area (Å²) in [5.41, 5.74) is 3.18. The molecule has 0 amide bonds. The average Bonchev–Trinajstić information content (AvgIpc) is 2.57. The van der Waals surface area contributed by atoms with Crippen molar-refractivity contribution in [1.82, 2.24) is 0 Å². The van der Waals surface area contributed by atoms with Gasteiger partial charge < -0.3 is 0 Å². The summed E-state index contributed by atoms with van der Waals surface area (Å²) in [5.74, 6) is 0. The summed E-state index contributed by atoms with van der Waals surface area (Å²) >= 11 is 0. The summed E-state index contributed by atoms with van der Waals surface area (Å²) in [6, 6.07) is 8.06. The van der Waals surface area contributed by atoms with Crippen LogP contribution in [-0.2, 0) is 21.0 Å². The van der Waals surface area contributed by atoms with E-state index in [1.807, 2.05) is 18.2 Å². The van der Waals surface area contributed by atoms with Gasteiger partial charge >= 0.3 is 10.4 Å². The highest BCUT2D eigenvalue weighted by atomic mass is 32.3. The zero-order valence-electron chi connectivity index (χ0n) is 15.0. The van der Waals surface area contributed by atoms with E-state index >= 15 is 0 Å². The zero-order chi connectivity index (χ0) is 18.1. The molecular formula is C19H29NO4S. The molecule has 0 aromatic heterocycles. The second-order valence-electron chi connectivity index (χ2n) is 6.64. The SMILES string of the molecule is CCCCCCCCC(CC1=NCCc2ccccc21)OS(=O)(=O)O. The van der Waals surface area contributed by atoms with Gasteiger partial charge in [0, 0.05) is 18.7 Å². The second-order valence-corrected chi connectivity index (χ2v) is 7.69. The summed E-state index contributed by atoms with van der Waals surface area (Å²) in [4.78, 5) is 4.57. The molecule has 0 saturated heterocycles. The molecule has 1 aromatic carbocycles. The highest BCUT2D eigenvalue weighted by Crippen LogP contribution is 2.22. The lowest BCUT2D eigenvalue weighted by Crippen LogP contribution is -2.24. The summed E-state index contributed by atoms with van der Waals surface area (Å²) in [6.45, 7) is 2.89. The van der Waals surface area contributed by atoms with Gasteiger partial charge in [-0.05, 0) is 24.0 Å². The lowest BCUT2D eigenvalue weighted by atomic mass is 9.93. The van der Waals surface area contributed by atoms with Gasteiger partial charge in [0.15, 0.2) is 0 Å². The molecule has 0 spiro atoms. The quantitative estimate of drug-likeness (QED) is 0.466. The summed E-state index contributed by atoms with van der Waals surface area (Å²) in [5, 5.41) is 0. The first-order chi connectivity index (χ1) is 12.0. The Balaban J connectivity index is 1.95. The Morgan fingerprint density at radius 1 is 1.16 bits per heavy atom. The number of hydrogen-bond acceptors (Lipinski definition) is 4. The van der Waals surface area contributed by atoms with Crippen molar-refractivity contribution >= 4 is 16.1 Å². The molecule has 0 radical (unpaired) electrons. The highest BCUT2D eigenvalue weighted by molar-refractivity contribution is 7.80. The first kappa shape index (κ1) is 20.1. The largest absolute Gasteiger partial charge is 0.397 e. The molecule has 0 fully saturated rings. The third-order valence-electron chi connectivity index (χ3n) is 4.57. The number of hydrogen-bond donors (Lipinski definition) is 1. The van der Waals surface area contributed by atoms with Crippen molar-refractivity contribution in [2.24, 2.45) is 4.99 Å². The van der Waals surface area contributed by atoms with Gasteiger partial charge in [-0.25, -0.2) is 4.18 Å². The zero-order valence-corrected chi connectivity index (χ0v) is 15.8. The van der Waals surface area contributed by atoms with E-state index in [0.717, 1.165) is 37.0 Å². The van der Waals surface area contributed by atoms with Crippen molar-refractivity contribution in [1.29, 1.82) is 0 Å². The minimum atomic E-state index is -4.46. The molecule has 140 valence electrons. The fourth-order valence-electron chi connectivity index (χ4n) is 3.31. The lowest BCUT2D eigenvalue weighted by molar-refractivity contribution is 0.175. The van der Waals surface area contributed by atoms with Gasteiger partial charge in [0.25, 0.3) is 0 Å².